The van der Waals surface area contributed by atoms with E-state index in [-0.39, 0.29) is 11.9 Å². The molecule has 5 nitrogen and oxygen atoms in total. The first kappa shape index (κ1) is 21.1. The number of nitrogens with zero attached hydrogens (tertiary/aromatic N) is 1. The summed E-state index contributed by atoms with van der Waals surface area (Å²) in [6.45, 7) is 2.38. The minimum absolute atomic E-state index is 0.0731. The zero-order chi connectivity index (χ0) is 21.5. The molecule has 160 valence electrons. The molecule has 1 N–H and O–H groups in total. The first-order valence-electron chi connectivity index (χ1n) is 10.6. The van der Waals surface area contributed by atoms with E-state index in [0.717, 1.165) is 22.4 Å². The SMILES string of the molecule is COc1ccc([C@@H](N[C@H](C(=O)N2CCOCC2)c2ccccc2)c2ccccc2)cc1. The minimum atomic E-state index is -0.466. The molecule has 0 unspecified atom stereocenters. The molecule has 0 aromatic heterocycles. The third kappa shape index (κ3) is 5.13. The fourth-order valence-corrected chi connectivity index (χ4v) is 3.92. The van der Waals surface area contributed by atoms with E-state index in [9.17, 15) is 4.79 Å². The van der Waals surface area contributed by atoms with Crippen molar-refractivity contribution in [3.05, 3.63) is 102 Å². The fraction of sp³-hybridized carbons (Fsp3) is 0.269. The maximum atomic E-state index is 13.6. The molecule has 31 heavy (non-hydrogen) atoms. The third-order valence-electron chi connectivity index (χ3n) is 5.62. The summed E-state index contributed by atoms with van der Waals surface area (Å²) in [6, 6.07) is 27.5. The van der Waals surface area contributed by atoms with E-state index in [1.54, 1.807) is 7.11 Å². The first-order valence-corrected chi connectivity index (χ1v) is 10.6. The van der Waals surface area contributed by atoms with Crippen molar-refractivity contribution in [2.75, 3.05) is 33.4 Å². The lowest BCUT2D eigenvalue weighted by Crippen LogP contribution is -2.47. The van der Waals surface area contributed by atoms with Crippen LogP contribution in [-0.2, 0) is 9.53 Å². The van der Waals surface area contributed by atoms with Crippen LogP contribution in [0.15, 0.2) is 84.9 Å². The summed E-state index contributed by atoms with van der Waals surface area (Å²) in [5.41, 5.74) is 3.12. The van der Waals surface area contributed by atoms with E-state index in [2.05, 4.69) is 17.4 Å². The quantitative estimate of drug-likeness (QED) is 0.633. The highest BCUT2D eigenvalue weighted by Crippen LogP contribution is 2.28. The highest BCUT2D eigenvalue weighted by atomic mass is 16.5. The number of methoxy groups -OCH3 is 1. The highest BCUT2D eigenvalue weighted by molar-refractivity contribution is 5.83. The molecular weight excluding hydrogens is 388 g/mol. The standard InChI is InChI=1S/C26H28N2O3/c1-30-23-14-12-22(13-15-23)24(20-8-4-2-5-9-20)27-25(21-10-6-3-7-11-21)26(29)28-16-18-31-19-17-28/h2-15,24-25,27H,16-19H2,1H3/t24-,25-/m0/s1. The molecule has 0 spiro atoms. The summed E-state index contributed by atoms with van der Waals surface area (Å²) in [6.07, 6.45) is 0. The number of ether oxygens (including phenoxy) is 2. The van der Waals surface area contributed by atoms with Gasteiger partial charge in [-0.25, -0.2) is 0 Å². The molecule has 0 radical (unpaired) electrons. The minimum Gasteiger partial charge on any atom is -0.497 e. The Morgan fingerprint density at radius 3 is 1.97 bits per heavy atom. The average molecular weight is 417 g/mol. The molecule has 1 aliphatic rings. The first-order chi connectivity index (χ1) is 15.3. The Kier molecular flexibility index (Phi) is 6.97. The van der Waals surface area contributed by atoms with E-state index < -0.39 is 6.04 Å². The van der Waals surface area contributed by atoms with Crippen LogP contribution in [0, 0.1) is 0 Å². The normalized spacial score (nSPS) is 15.8. The molecule has 4 rings (SSSR count). The molecular formula is C26H28N2O3. The number of carbonyl (C=O) groups excluding carboxylic acids is 1. The monoisotopic (exact) mass is 416 g/mol. The smallest absolute Gasteiger partial charge is 0.244 e. The van der Waals surface area contributed by atoms with Crippen molar-refractivity contribution >= 4 is 5.91 Å². The van der Waals surface area contributed by atoms with Crippen LogP contribution in [0.5, 0.6) is 5.75 Å². The summed E-state index contributed by atoms with van der Waals surface area (Å²) < 4.78 is 10.8. The fourth-order valence-electron chi connectivity index (χ4n) is 3.92. The molecule has 2 atom stereocenters. The molecule has 1 fully saturated rings. The van der Waals surface area contributed by atoms with Crippen molar-refractivity contribution in [1.29, 1.82) is 0 Å². The van der Waals surface area contributed by atoms with Crippen LogP contribution in [0.1, 0.15) is 28.8 Å². The van der Waals surface area contributed by atoms with Crippen LogP contribution in [0.2, 0.25) is 0 Å². The lowest BCUT2D eigenvalue weighted by molar-refractivity contribution is -0.137. The lowest BCUT2D eigenvalue weighted by atomic mass is 9.95. The number of benzene rings is 3. The van der Waals surface area contributed by atoms with Gasteiger partial charge in [0.2, 0.25) is 5.91 Å². The van der Waals surface area contributed by atoms with Crippen LogP contribution < -0.4 is 10.1 Å². The molecule has 1 heterocycles. The van der Waals surface area contributed by atoms with Gasteiger partial charge in [0.05, 0.1) is 26.4 Å². The van der Waals surface area contributed by atoms with Crippen molar-refractivity contribution in [3.63, 3.8) is 0 Å². The van der Waals surface area contributed by atoms with Gasteiger partial charge in [-0.05, 0) is 28.8 Å². The van der Waals surface area contributed by atoms with Gasteiger partial charge in [0, 0.05) is 13.1 Å². The topological polar surface area (TPSA) is 50.8 Å². The number of morpholine rings is 1. The maximum Gasteiger partial charge on any atom is 0.244 e. The summed E-state index contributed by atoms with van der Waals surface area (Å²) >= 11 is 0. The molecule has 3 aromatic carbocycles. The van der Waals surface area contributed by atoms with Crippen molar-refractivity contribution in [3.8, 4) is 5.75 Å². The zero-order valence-corrected chi connectivity index (χ0v) is 17.7. The Morgan fingerprint density at radius 2 is 1.39 bits per heavy atom. The van der Waals surface area contributed by atoms with Gasteiger partial charge in [0.1, 0.15) is 11.8 Å². The van der Waals surface area contributed by atoms with Gasteiger partial charge >= 0.3 is 0 Å². The maximum absolute atomic E-state index is 13.6. The van der Waals surface area contributed by atoms with Crippen LogP contribution in [0.3, 0.4) is 0 Å². The molecule has 3 aromatic rings. The van der Waals surface area contributed by atoms with E-state index >= 15 is 0 Å². The number of hydrogen-bond acceptors (Lipinski definition) is 4. The second-order valence-corrected chi connectivity index (χ2v) is 7.56. The summed E-state index contributed by atoms with van der Waals surface area (Å²) in [5.74, 6) is 0.878. The Morgan fingerprint density at radius 1 is 0.839 bits per heavy atom. The van der Waals surface area contributed by atoms with Gasteiger partial charge < -0.3 is 14.4 Å². The largest absolute Gasteiger partial charge is 0.497 e. The van der Waals surface area contributed by atoms with Crippen molar-refractivity contribution < 1.29 is 14.3 Å². The summed E-state index contributed by atoms with van der Waals surface area (Å²) in [4.78, 5) is 15.5. The molecule has 5 heteroatoms. The van der Waals surface area contributed by atoms with Crippen molar-refractivity contribution in [1.82, 2.24) is 10.2 Å². The molecule has 1 aliphatic heterocycles. The number of rotatable bonds is 7. The second-order valence-electron chi connectivity index (χ2n) is 7.56. The van der Waals surface area contributed by atoms with E-state index in [1.165, 1.54) is 0 Å². The Bertz CT molecular complexity index is 955. The number of carbonyl (C=O) groups is 1. The Hall–Kier alpha value is -3.15. The highest BCUT2D eigenvalue weighted by Gasteiger charge is 2.30. The molecule has 1 amide bonds. The lowest BCUT2D eigenvalue weighted by Gasteiger charge is -2.33. The van der Waals surface area contributed by atoms with Gasteiger partial charge in [-0.1, -0.05) is 72.8 Å². The predicted molar refractivity (Wildman–Crippen MR) is 121 cm³/mol. The van der Waals surface area contributed by atoms with Crippen molar-refractivity contribution in [2.45, 2.75) is 12.1 Å². The number of amides is 1. The Labute approximate surface area is 183 Å². The molecule has 1 saturated heterocycles. The van der Waals surface area contributed by atoms with E-state index in [4.69, 9.17) is 9.47 Å². The van der Waals surface area contributed by atoms with Gasteiger partial charge in [0.15, 0.2) is 0 Å². The Balaban J connectivity index is 1.70. The molecule has 0 bridgehead atoms. The van der Waals surface area contributed by atoms with E-state index in [1.807, 2.05) is 77.7 Å². The van der Waals surface area contributed by atoms with Gasteiger partial charge in [-0.3, -0.25) is 10.1 Å². The molecule has 0 aliphatic carbocycles. The number of hydrogen-bond donors (Lipinski definition) is 1. The molecule has 0 saturated carbocycles. The zero-order valence-electron chi connectivity index (χ0n) is 17.7. The van der Waals surface area contributed by atoms with Crippen molar-refractivity contribution in [2.24, 2.45) is 0 Å². The third-order valence-corrected chi connectivity index (χ3v) is 5.62. The average Bonchev–Trinajstić information content (AvgIpc) is 2.86. The van der Waals surface area contributed by atoms with Gasteiger partial charge in [-0.2, -0.15) is 0 Å². The van der Waals surface area contributed by atoms with E-state index in [0.29, 0.717) is 26.3 Å². The van der Waals surface area contributed by atoms with Crippen LogP contribution >= 0.6 is 0 Å². The summed E-state index contributed by atoms with van der Waals surface area (Å²) in [7, 11) is 1.66. The summed E-state index contributed by atoms with van der Waals surface area (Å²) in [5, 5.41) is 3.66. The van der Waals surface area contributed by atoms with Gasteiger partial charge in [-0.15, -0.1) is 0 Å². The predicted octanol–water partition coefficient (Wildman–Crippen LogP) is 3.97. The van der Waals surface area contributed by atoms with Crippen LogP contribution in [0.25, 0.3) is 0 Å². The van der Waals surface area contributed by atoms with Gasteiger partial charge in [0.25, 0.3) is 0 Å². The second kappa shape index (κ2) is 10.2. The number of nitrogens with one attached hydrogen (secondary N) is 1. The van der Waals surface area contributed by atoms with Crippen LogP contribution in [-0.4, -0.2) is 44.2 Å². The van der Waals surface area contributed by atoms with Crippen LogP contribution in [0.4, 0.5) is 0 Å².